The number of carbonyl (C=O) groups is 1. The zero-order valence-electron chi connectivity index (χ0n) is 10.5. The SMILES string of the molecule is Cl.NC1CCCN(C(=O)CCCc2cccs2)C1. The van der Waals surface area contributed by atoms with Crippen molar-refractivity contribution in [1.29, 1.82) is 0 Å². The molecule has 2 N–H and O–H groups in total. The van der Waals surface area contributed by atoms with Gasteiger partial charge in [-0.05, 0) is 37.1 Å². The lowest BCUT2D eigenvalue weighted by Gasteiger charge is -2.30. The van der Waals surface area contributed by atoms with Crippen molar-refractivity contribution in [1.82, 2.24) is 4.90 Å². The number of thiophene rings is 1. The Morgan fingerprint density at radius 2 is 2.39 bits per heavy atom. The summed E-state index contributed by atoms with van der Waals surface area (Å²) in [6, 6.07) is 4.38. The number of aryl methyl sites for hydroxylation is 1. The van der Waals surface area contributed by atoms with E-state index in [1.54, 1.807) is 11.3 Å². The predicted molar refractivity (Wildman–Crippen MR) is 78.3 cm³/mol. The number of hydrogen-bond donors (Lipinski definition) is 1. The van der Waals surface area contributed by atoms with Crippen molar-refractivity contribution in [2.75, 3.05) is 13.1 Å². The van der Waals surface area contributed by atoms with Gasteiger partial charge in [-0.3, -0.25) is 4.79 Å². The summed E-state index contributed by atoms with van der Waals surface area (Å²) in [4.78, 5) is 15.2. The van der Waals surface area contributed by atoms with Gasteiger partial charge in [0.05, 0.1) is 0 Å². The number of hydrogen-bond acceptors (Lipinski definition) is 3. The number of piperidine rings is 1. The van der Waals surface area contributed by atoms with Crippen molar-refractivity contribution < 1.29 is 4.79 Å². The minimum Gasteiger partial charge on any atom is -0.341 e. The number of nitrogens with zero attached hydrogens (tertiary/aromatic N) is 1. The molecule has 1 amide bonds. The molecule has 18 heavy (non-hydrogen) atoms. The minimum absolute atomic E-state index is 0. The van der Waals surface area contributed by atoms with E-state index in [9.17, 15) is 4.79 Å². The summed E-state index contributed by atoms with van der Waals surface area (Å²) in [5, 5.41) is 2.08. The zero-order chi connectivity index (χ0) is 12.1. The average Bonchev–Trinajstić information content (AvgIpc) is 2.82. The molecule has 102 valence electrons. The van der Waals surface area contributed by atoms with Gasteiger partial charge in [0.2, 0.25) is 5.91 Å². The zero-order valence-corrected chi connectivity index (χ0v) is 12.1. The molecule has 1 aromatic rings. The van der Waals surface area contributed by atoms with E-state index < -0.39 is 0 Å². The van der Waals surface area contributed by atoms with Gasteiger partial charge in [0.25, 0.3) is 0 Å². The van der Waals surface area contributed by atoms with Crippen LogP contribution in [0.25, 0.3) is 0 Å². The smallest absolute Gasteiger partial charge is 0.222 e. The topological polar surface area (TPSA) is 46.3 Å². The quantitative estimate of drug-likeness (QED) is 0.925. The second kappa shape index (κ2) is 7.77. The van der Waals surface area contributed by atoms with Crippen LogP contribution < -0.4 is 5.73 Å². The molecule has 1 fully saturated rings. The van der Waals surface area contributed by atoms with Crippen LogP contribution in [0.15, 0.2) is 17.5 Å². The molecule has 1 aliphatic heterocycles. The summed E-state index contributed by atoms with van der Waals surface area (Å²) in [7, 11) is 0. The van der Waals surface area contributed by atoms with Crippen molar-refractivity contribution in [3.05, 3.63) is 22.4 Å². The Kier molecular flexibility index (Phi) is 6.68. The standard InChI is InChI=1S/C13H20N2OS.ClH/c14-11-4-2-8-15(10-11)13(16)7-1-5-12-6-3-9-17-12;/h3,6,9,11H,1-2,4-5,7-8,10,14H2;1H. The van der Waals surface area contributed by atoms with E-state index in [4.69, 9.17) is 5.73 Å². The molecule has 2 heterocycles. The molecular weight excluding hydrogens is 268 g/mol. The first-order valence-electron chi connectivity index (χ1n) is 6.31. The molecule has 1 unspecified atom stereocenters. The van der Waals surface area contributed by atoms with Gasteiger partial charge in [-0.15, -0.1) is 23.7 Å². The Morgan fingerprint density at radius 1 is 1.56 bits per heavy atom. The van der Waals surface area contributed by atoms with E-state index in [2.05, 4.69) is 17.5 Å². The molecule has 1 aromatic heterocycles. The Hall–Kier alpha value is -0.580. The van der Waals surface area contributed by atoms with Gasteiger partial charge in [-0.2, -0.15) is 0 Å². The molecule has 0 bridgehead atoms. The van der Waals surface area contributed by atoms with Gasteiger partial charge in [0, 0.05) is 30.4 Å². The third-order valence-electron chi connectivity index (χ3n) is 3.20. The lowest BCUT2D eigenvalue weighted by molar-refractivity contribution is -0.132. The number of nitrogens with two attached hydrogens (primary N) is 1. The van der Waals surface area contributed by atoms with Crippen LogP contribution in [0.3, 0.4) is 0 Å². The average molecular weight is 289 g/mol. The highest BCUT2D eigenvalue weighted by Crippen LogP contribution is 2.14. The highest BCUT2D eigenvalue weighted by atomic mass is 35.5. The first-order valence-corrected chi connectivity index (χ1v) is 7.19. The van der Waals surface area contributed by atoms with Gasteiger partial charge in [-0.25, -0.2) is 0 Å². The summed E-state index contributed by atoms with van der Waals surface area (Å²) < 4.78 is 0. The van der Waals surface area contributed by atoms with Crippen LogP contribution in [0.1, 0.15) is 30.6 Å². The van der Waals surface area contributed by atoms with E-state index in [1.165, 1.54) is 4.88 Å². The van der Waals surface area contributed by atoms with E-state index in [0.29, 0.717) is 6.42 Å². The number of likely N-dealkylation sites (tertiary alicyclic amines) is 1. The van der Waals surface area contributed by atoms with Crippen LogP contribution in [0.4, 0.5) is 0 Å². The number of carbonyl (C=O) groups excluding carboxylic acids is 1. The lowest BCUT2D eigenvalue weighted by atomic mass is 10.1. The first kappa shape index (κ1) is 15.5. The molecule has 0 radical (unpaired) electrons. The summed E-state index contributed by atoms with van der Waals surface area (Å²) in [5.74, 6) is 0.275. The Bertz CT molecular complexity index is 356. The van der Waals surface area contributed by atoms with Crippen LogP contribution in [-0.4, -0.2) is 29.9 Å². The summed E-state index contributed by atoms with van der Waals surface area (Å²) in [6.07, 6.45) is 4.73. The van der Waals surface area contributed by atoms with Gasteiger partial charge in [0.15, 0.2) is 0 Å². The molecule has 1 saturated heterocycles. The normalized spacial score (nSPS) is 19.4. The van der Waals surface area contributed by atoms with E-state index in [0.717, 1.165) is 38.8 Å². The number of amides is 1. The molecule has 0 spiro atoms. The monoisotopic (exact) mass is 288 g/mol. The molecule has 5 heteroatoms. The molecule has 3 nitrogen and oxygen atoms in total. The Morgan fingerprint density at radius 3 is 3.06 bits per heavy atom. The molecule has 0 saturated carbocycles. The van der Waals surface area contributed by atoms with E-state index >= 15 is 0 Å². The minimum atomic E-state index is 0. The maximum atomic E-state index is 11.9. The number of rotatable bonds is 4. The van der Waals surface area contributed by atoms with Gasteiger partial charge in [0.1, 0.15) is 0 Å². The number of halogens is 1. The highest BCUT2D eigenvalue weighted by molar-refractivity contribution is 7.09. The third-order valence-corrected chi connectivity index (χ3v) is 4.14. The molecule has 0 aliphatic carbocycles. The van der Waals surface area contributed by atoms with Crippen LogP contribution in [0, 0.1) is 0 Å². The Labute approximate surface area is 119 Å². The van der Waals surface area contributed by atoms with E-state index in [-0.39, 0.29) is 24.4 Å². The summed E-state index contributed by atoms with van der Waals surface area (Å²) in [6.45, 7) is 1.64. The second-order valence-corrected chi connectivity index (χ2v) is 5.71. The van der Waals surface area contributed by atoms with Gasteiger partial charge < -0.3 is 10.6 Å². The van der Waals surface area contributed by atoms with Crippen molar-refractivity contribution in [2.45, 2.75) is 38.1 Å². The summed E-state index contributed by atoms with van der Waals surface area (Å²) in [5.41, 5.74) is 5.88. The van der Waals surface area contributed by atoms with Crippen LogP contribution in [0.5, 0.6) is 0 Å². The molecule has 0 aromatic carbocycles. The fourth-order valence-electron chi connectivity index (χ4n) is 2.26. The van der Waals surface area contributed by atoms with Crippen molar-refractivity contribution in [3.8, 4) is 0 Å². The van der Waals surface area contributed by atoms with Crippen molar-refractivity contribution in [2.24, 2.45) is 5.73 Å². The Balaban J connectivity index is 0.00000162. The maximum absolute atomic E-state index is 11.9. The van der Waals surface area contributed by atoms with Crippen LogP contribution >= 0.6 is 23.7 Å². The van der Waals surface area contributed by atoms with Crippen LogP contribution in [0.2, 0.25) is 0 Å². The molecule has 1 atom stereocenters. The molecule has 1 aliphatic rings. The fourth-order valence-corrected chi connectivity index (χ4v) is 3.01. The van der Waals surface area contributed by atoms with Gasteiger partial charge in [-0.1, -0.05) is 6.07 Å². The first-order chi connectivity index (χ1) is 8.25. The highest BCUT2D eigenvalue weighted by Gasteiger charge is 2.20. The largest absolute Gasteiger partial charge is 0.341 e. The summed E-state index contributed by atoms with van der Waals surface area (Å²) >= 11 is 1.77. The second-order valence-electron chi connectivity index (χ2n) is 4.67. The molecule has 2 rings (SSSR count). The predicted octanol–water partition coefficient (Wildman–Crippen LogP) is 2.44. The molecular formula is C13H21ClN2OS. The van der Waals surface area contributed by atoms with Crippen LogP contribution in [-0.2, 0) is 11.2 Å². The van der Waals surface area contributed by atoms with Gasteiger partial charge >= 0.3 is 0 Å². The fraction of sp³-hybridized carbons (Fsp3) is 0.615. The third kappa shape index (κ3) is 4.59. The van der Waals surface area contributed by atoms with Crippen molar-refractivity contribution in [3.63, 3.8) is 0 Å². The van der Waals surface area contributed by atoms with Crippen molar-refractivity contribution >= 4 is 29.7 Å². The van der Waals surface area contributed by atoms with E-state index in [1.807, 2.05) is 4.90 Å². The lowest BCUT2D eigenvalue weighted by Crippen LogP contribution is -2.45. The maximum Gasteiger partial charge on any atom is 0.222 e.